The average molecular weight is 160 g/mol. The molecule has 4 nitrogen and oxygen atoms in total. The first-order valence-corrected chi connectivity index (χ1v) is 4.03. The molecule has 1 heterocycles. The molecule has 0 amide bonds. The van der Waals surface area contributed by atoms with Crippen molar-refractivity contribution in [2.75, 3.05) is 20.0 Å². The van der Waals surface area contributed by atoms with E-state index < -0.39 is 0 Å². The van der Waals surface area contributed by atoms with Gasteiger partial charge in [-0.2, -0.15) is 0 Å². The van der Waals surface area contributed by atoms with Crippen LogP contribution in [0.25, 0.3) is 0 Å². The Bertz CT molecular complexity index is 156. The van der Waals surface area contributed by atoms with Gasteiger partial charge in [0.1, 0.15) is 10.9 Å². The van der Waals surface area contributed by atoms with Crippen LogP contribution in [-0.4, -0.2) is 25.0 Å². The minimum absolute atomic E-state index is 0.812. The van der Waals surface area contributed by atoms with E-state index in [1.54, 1.807) is 16.8 Å². The molecular formula is C5H12N4S. The molecule has 0 aromatic rings. The SMILES string of the molecule is CNC1=C(NC)N(N)CS1. The first-order chi connectivity index (χ1) is 4.79. The number of hydrazine groups is 1. The molecule has 0 aromatic heterocycles. The van der Waals surface area contributed by atoms with E-state index in [2.05, 4.69) is 10.6 Å². The van der Waals surface area contributed by atoms with Crippen molar-refractivity contribution >= 4 is 11.8 Å². The molecule has 0 radical (unpaired) electrons. The van der Waals surface area contributed by atoms with Crippen molar-refractivity contribution in [3.63, 3.8) is 0 Å². The minimum Gasteiger partial charge on any atom is -0.380 e. The van der Waals surface area contributed by atoms with Crippen LogP contribution in [-0.2, 0) is 0 Å². The van der Waals surface area contributed by atoms with Crippen LogP contribution in [0.4, 0.5) is 0 Å². The van der Waals surface area contributed by atoms with Gasteiger partial charge < -0.3 is 10.6 Å². The van der Waals surface area contributed by atoms with Crippen molar-refractivity contribution in [3.8, 4) is 0 Å². The maximum Gasteiger partial charge on any atom is 0.147 e. The standard InChI is InChI=1S/C5H12N4S/c1-7-4-5(8-2)10-3-9(4)6/h7-8H,3,6H2,1-2H3. The highest BCUT2D eigenvalue weighted by Crippen LogP contribution is 2.24. The first-order valence-electron chi connectivity index (χ1n) is 3.04. The predicted octanol–water partition coefficient (Wildman–Crippen LogP) is -0.568. The molecule has 58 valence electrons. The van der Waals surface area contributed by atoms with E-state index in [-0.39, 0.29) is 0 Å². The van der Waals surface area contributed by atoms with E-state index >= 15 is 0 Å². The van der Waals surface area contributed by atoms with Crippen LogP contribution in [0, 0.1) is 0 Å². The van der Waals surface area contributed by atoms with E-state index in [1.807, 2.05) is 14.1 Å². The minimum atomic E-state index is 0.812. The zero-order valence-electron chi connectivity index (χ0n) is 6.14. The van der Waals surface area contributed by atoms with Gasteiger partial charge in [-0.3, -0.25) is 5.01 Å². The monoisotopic (exact) mass is 160 g/mol. The highest BCUT2D eigenvalue weighted by molar-refractivity contribution is 8.03. The summed E-state index contributed by atoms with van der Waals surface area (Å²) in [7, 11) is 3.75. The molecule has 0 aromatic carbocycles. The predicted molar refractivity (Wildman–Crippen MR) is 43.6 cm³/mol. The molecule has 0 saturated heterocycles. The molecule has 0 fully saturated rings. The summed E-state index contributed by atoms with van der Waals surface area (Å²) in [6, 6.07) is 0. The number of thioether (sulfide) groups is 1. The molecule has 0 saturated carbocycles. The molecule has 0 bridgehead atoms. The summed E-state index contributed by atoms with van der Waals surface area (Å²) in [5.74, 6) is 7.38. The van der Waals surface area contributed by atoms with Gasteiger partial charge in [-0.1, -0.05) is 11.8 Å². The third kappa shape index (κ3) is 1.15. The van der Waals surface area contributed by atoms with Crippen molar-refractivity contribution in [1.29, 1.82) is 0 Å². The second kappa shape index (κ2) is 3.03. The smallest absolute Gasteiger partial charge is 0.147 e. The van der Waals surface area contributed by atoms with Gasteiger partial charge in [0.25, 0.3) is 0 Å². The topological polar surface area (TPSA) is 53.3 Å². The van der Waals surface area contributed by atoms with Gasteiger partial charge in [0.2, 0.25) is 0 Å². The summed E-state index contributed by atoms with van der Waals surface area (Å²) < 4.78 is 0. The Morgan fingerprint density at radius 3 is 2.60 bits per heavy atom. The summed E-state index contributed by atoms with van der Waals surface area (Å²) in [6.45, 7) is 0. The van der Waals surface area contributed by atoms with Crippen molar-refractivity contribution < 1.29 is 0 Å². The molecule has 0 atom stereocenters. The van der Waals surface area contributed by atoms with Crippen molar-refractivity contribution in [1.82, 2.24) is 15.6 Å². The van der Waals surface area contributed by atoms with Gasteiger partial charge in [-0.25, -0.2) is 5.84 Å². The number of nitrogens with zero attached hydrogens (tertiary/aromatic N) is 1. The second-order valence-corrected chi connectivity index (χ2v) is 2.88. The summed E-state index contributed by atoms with van der Waals surface area (Å²) >= 11 is 1.69. The molecule has 10 heavy (non-hydrogen) atoms. The molecule has 1 aliphatic heterocycles. The molecule has 0 unspecified atom stereocenters. The number of nitrogens with one attached hydrogen (secondary N) is 2. The Labute approximate surface area is 64.8 Å². The Morgan fingerprint density at radius 2 is 2.20 bits per heavy atom. The number of hydrogen-bond acceptors (Lipinski definition) is 5. The fraction of sp³-hybridized carbons (Fsp3) is 0.600. The van der Waals surface area contributed by atoms with Gasteiger partial charge in [-0.15, -0.1) is 0 Å². The van der Waals surface area contributed by atoms with Gasteiger partial charge in [0, 0.05) is 14.1 Å². The van der Waals surface area contributed by atoms with Crippen LogP contribution < -0.4 is 16.5 Å². The van der Waals surface area contributed by atoms with Crippen LogP contribution in [0.1, 0.15) is 0 Å². The van der Waals surface area contributed by atoms with E-state index in [9.17, 15) is 0 Å². The zero-order chi connectivity index (χ0) is 7.56. The van der Waals surface area contributed by atoms with Crippen molar-refractivity contribution in [2.24, 2.45) is 5.84 Å². The summed E-state index contributed by atoms with van der Waals surface area (Å²) in [5.41, 5.74) is 0. The average Bonchev–Trinajstić information content (AvgIpc) is 2.30. The lowest BCUT2D eigenvalue weighted by molar-refractivity contribution is 0.401. The van der Waals surface area contributed by atoms with Gasteiger partial charge in [0.15, 0.2) is 0 Å². The molecule has 0 spiro atoms. The molecule has 1 aliphatic rings. The number of nitrogens with two attached hydrogens (primary N) is 1. The van der Waals surface area contributed by atoms with Crippen LogP contribution >= 0.6 is 11.8 Å². The van der Waals surface area contributed by atoms with Crippen LogP contribution in [0.2, 0.25) is 0 Å². The third-order valence-corrected chi connectivity index (χ3v) is 2.41. The van der Waals surface area contributed by atoms with Crippen LogP contribution in [0.15, 0.2) is 10.9 Å². The maximum absolute atomic E-state index is 5.61. The van der Waals surface area contributed by atoms with Gasteiger partial charge >= 0.3 is 0 Å². The molecule has 4 N–H and O–H groups in total. The Kier molecular flexibility index (Phi) is 2.29. The summed E-state index contributed by atoms with van der Waals surface area (Å²) in [5, 5.41) is 8.84. The quantitative estimate of drug-likeness (QED) is 0.472. The number of hydrogen-bond donors (Lipinski definition) is 3. The molecule has 1 rings (SSSR count). The fourth-order valence-corrected chi connectivity index (χ4v) is 1.74. The normalized spacial score (nSPS) is 18.1. The Balaban J connectivity index is 2.71. The van der Waals surface area contributed by atoms with E-state index in [1.165, 1.54) is 0 Å². The molecule has 5 heteroatoms. The lowest BCUT2D eigenvalue weighted by Gasteiger charge is -2.13. The lowest BCUT2D eigenvalue weighted by atomic mass is 10.7. The zero-order valence-corrected chi connectivity index (χ0v) is 6.96. The Morgan fingerprint density at radius 1 is 1.50 bits per heavy atom. The Hall–Kier alpha value is -0.550. The largest absolute Gasteiger partial charge is 0.380 e. The van der Waals surface area contributed by atoms with Crippen molar-refractivity contribution in [2.45, 2.75) is 0 Å². The third-order valence-electron chi connectivity index (χ3n) is 1.31. The van der Waals surface area contributed by atoms with E-state index in [4.69, 9.17) is 5.84 Å². The van der Waals surface area contributed by atoms with Gasteiger partial charge in [0.05, 0.1) is 5.88 Å². The van der Waals surface area contributed by atoms with Crippen LogP contribution in [0.5, 0.6) is 0 Å². The summed E-state index contributed by atoms with van der Waals surface area (Å²) in [4.78, 5) is 0. The van der Waals surface area contributed by atoms with E-state index in [0.29, 0.717) is 0 Å². The van der Waals surface area contributed by atoms with Crippen molar-refractivity contribution in [3.05, 3.63) is 10.9 Å². The maximum atomic E-state index is 5.61. The highest BCUT2D eigenvalue weighted by atomic mass is 32.2. The fourth-order valence-electron chi connectivity index (χ4n) is 0.845. The van der Waals surface area contributed by atoms with Crippen LogP contribution in [0.3, 0.4) is 0 Å². The second-order valence-electron chi connectivity index (χ2n) is 1.92. The molecular weight excluding hydrogens is 148 g/mol. The number of rotatable bonds is 2. The van der Waals surface area contributed by atoms with Gasteiger partial charge in [-0.05, 0) is 0 Å². The lowest BCUT2D eigenvalue weighted by Crippen LogP contribution is -2.33. The molecule has 0 aliphatic carbocycles. The summed E-state index contributed by atoms with van der Waals surface area (Å²) in [6.07, 6.45) is 0. The highest BCUT2D eigenvalue weighted by Gasteiger charge is 2.17. The first kappa shape index (κ1) is 7.56. The van der Waals surface area contributed by atoms with E-state index in [0.717, 1.165) is 16.7 Å².